The maximum atomic E-state index is 11.9. The molecular weight excluding hydrogens is 296 g/mol. The van der Waals surface area contributed by atoms with E-state index in [1.54, 1.807) is 21.0 Å². The topological polar surface area (TPSA) is 103 Å². The normalized spacial score (nSPS) is 11.6. The Hall–Kier alpha value is -2.16. The van der Waals surface area contributed by atoms with Gasteiger partial charge >= 0.3 is 12.0 Å². The molecule has 0 aliphatic heterocycles. The third kappa shape index (κ3) is 4.71. The number of carboxylic acid groups (broad SMARTS) is 1. The minimum absolute atomic E-state index is 0.0379. The third-order valence-electron chi connectivity index (χ3n) is 2.67. The molecule has 0 bridgehead atoms. The van der Waals surface area contributed by atoms with Gasteiger partial charge in [0.25, 0.3) is 0 Å². The first-order valence-electron chi connectivity index (χ1n) is 6.13. The Balaban J connectivity index is 2.60. The lowest BCUT2D eigenvalue weighted by molar-refractivity contribution is -0.129. The predicted octanol–water partition coefficient (Wildman–Crippen LogP) is 0.632. The number of nitrogens with one attached hydrogen (secondary N) is 1. The molecule has 1 aromatic heterocycles. The summed E-state index contributed by atoms with van der Waals surface area (Å²) in [6.07, 6.45) is 0. The summed E-state index contributed by atoms with van der Waals surface area (Å²) in [7, 11) is 4.73. The minimum atomic E-state index is -1.11. The molecule has 0 saturated heterocycles. The summed E-state index contributed by atoms with van der Waals surface area (Å²) in [5.41, 5.74) is -0.0489. The van der Waals surface area contributed by atoms with Gasteiger partial charge in [-0.05, 0) is 6.92 Å². The molecule has 0 aliphatic carbocycles. The van der Waals surface area contributed by atoms with Crippen LogP contribution in [0.5, 0.6) is 0 Å². The van der Waals surface area contributed by atoms with Gasteiger partial charge in [0.05, 0.1) is 6.04 Å². The van der Waals surface area contributed by atoms with Crippen molar-refractivity contribution in [3.8, 4) is 0 Å². The van der Waals surface area contributed by atoms with Crippen molar-refractivity contribution in [2.75, 3.05) is 27.7 Å². The molecule has 3 amide bonds. The zero-order valence-electron chi connectivity index (χ0n) is 12.3. The number of amides is 3. The Morgan fingerprint density at radius 3 is 2.48 bits per heavy atom. The first-order valence-corrected chi connectivity index (χ1v) is 7.00. The molecule has 2 N–H and O–H groups in total. The van der Waals surface area contributed by atoms with Crippen molar-refractivity contribution < 1.29 is 19.5 Å². The predicted molar refractivity (Wildman–Crippen MR) is 77.3 cm³/mol. The van der Waals surface area contributed by atoms with Gasteiger partial charge in [-0.15, -0.1) is 11.3 Å². The van der Waals surface area contributed by atoms with Crippen molar-refractivity contribution in [1.29, 1.82) is 0 Å². The van der Waals surface area contributed by atoms with E-state index in [0.29, 0.717) is 5.01 Å². The number of carbonyl (C=O) groups excluding carboxylic acids is 2. The van der Waals surface area contributed by atoms with E-state index in [1.807, 2.05) is 0 Å². The summed E-state index contributed by atoms with van der Waals surface area (Å²) < 4.78 is 0. The fourth-order valence-corrected chi connectivity index (χ4v) is 2.16. The zero-order chi connectivity index (χ0) is 16.2. The second-order valence-electron chi connectivity index (χ2n) is 4.69. The summed E-state index contributed by atoms with van der Waals surface area (Å²) in [6, 6.07) is -0.864. The number of carbonyl (C=O) groups is 3. The van der Waals surface area contributed by atoms with Crippen LogP contribution in [0, 0.1) is 0 Å². The molecule has 1 atom stereocenters. The molecule has 1 aromatic rings. The van der Waals surface area contributed by atoms with Crippen LogP contribution in [0.25, 0.3) is 0 Å². The van der Waals surface area contributed by atoms with Crippen LogP contribution in [-0.2, 0) is 4.79 Å². The van der Waals surface area contributed by atoms with E-state index in [-0.39, 0.29) is 18.1 Å². The molecule has 9 heteroatoms. The lowest BCUT2D eigenvalue weighted by Crippen LogP contribution is -2.43. The number of rotatable bonds is 5. The van der Waals surface area contributed by atoms with Gasteiger partial charge in [-0.25, -0.2) is 14.6 Å². The van der Waals surface area contributed by atoms with E-state index in [4.69, 9.17) is 5.11 Å². The van der Waals surface area contributed by atoms with Gasteiger partial charge in [0.1, 0.15) is 11.6 Å². The number of carboxylic acids is 1. The van der Waals surface area contributed by atoms with Gasteiger partial charge in [0.15, 0.2) is 5.69 Å². The number of hydrogen-bond donors (Lipinski definition) is 2. The van der Waals surface area contributed by atoms with Crippen LogP contribution in [0.4, 0.5) is 4.79 Å². The smallest absolute Gasteiger partial charge is 0.355 e. The second kappa shape index (κ2) is 7.02. The van der Waals surface area contributed by atoms with Crippen LogP contribution in [0.3, 0.4) is 0 Å². The van der Waals surface area contributed by atoms with Crippen molar-refractivity contribution in [3.05, 3.63) is 16.1 Å². The van der Waals surface area contributed by atoms with E-state index in [1.165, 1.54) is 22.2 Å². The van der Waals surface area contributed by atoms with E-state index >= 15 is 0 Å². The van der Waals surface area contributed by atoms with Crippen LogP contribution < -0.4 is 5.32 Å². The Morgan fingerprint density at radius 2 is 2.00 bits per heavy atom. The lowest BCUT2D eigenvalue weighted by atomic mass is 10.3. The summed E-state index contributed by atoms with van der Waals surface area (Å²) in [5, 5.41) is 13.4. The quantitative estimate of drug-likeness (QED) is 0.830. The first kappa shape index (κ1) is 16.9. The third-order valence-corrected chi connectivity index (χ3v) is 3.70. The Bertz CT molecular complexity index is 543. The monoisotopic (exact) mass is 314 g/mol. The Morgan fingerprint density at radius 1 is 1.38 bits per heavy atom. The largest absolute Gasteiger partial charge is 0.476 e. The summed E-state index contributed by atoms with van der Waals surface area (Å²) >= 11 is 1.16. The Labute approximate surface area is 126 Å². The molecule has 1 rings (SSSR count). The molecule has 0 fully saturated rings. The molecule has 1 heterocycles. The van der Waals surface area contributed by atoms with E-state index in [9.17, 15) is 14.4 Å². The van der Waals surface area contributed by atoms with Gasteiger partial charge in [-0.1, -0.05) is 0 Å². The van der Waals surface area contributed by atoms with Crippen LogP contribution in [-0.4, -0.2) is 65.5 Å². The number of urea groups is 1. The molecule has 8 nitrogen and oxygen atoms in total. The maximum Gasteiger partial charge on any atom is 0.355 e. The average molecular weight is 314 g/mol. The Kier molecular flexibility index (Phi) is 5.65. The molecule has 116 valence electrons. The number of hydrogen-bond acceptors (Lipinski definition) is 5. The zero-order valence-corrected chi connectivity index (χ0v) is 13.1. The lowest BCUT2D eigenvalue weighted by Gasteiger charge is -2.21. The molecule has 0 saturated carbocycles. The summed E-state index contributed by atoms with van der Waals surface area (Å²) in [6.45, 7) is 1.66. The van der Waals surface area contributed by atoms with E-state index in [2.05, 4.69) is 10.3 Å². The summed E-state index contributed by atoms with van der Waals surface area (Å²) in [4.78, 5) is 40.8. The van der Waals surface area contributed by atoms with Crippen molar-refractivity contribution >= 4 is 29.2 Å². The summed E-state index contributed by atoms with van der Waals surface area (Å²) in [5.74, 6) is -1.30. The van der Waals surface area contributed by atoms with Crippen LogP contribution in [0.1, 0.15) is 28.5 Å². The second-order valence-corrected chi connectivity index (χ2v) is 5.58. The van der Waals surface area contributed by atoms with Gasteiger partial charge in [-0.3, -0.25) is 4.79 Å². The molecule has 1 unspecified atom stereocenters. The fraction of sp³-hybridized carbons (Fsp3) is 0.500. The van der Waals surface area contributed by atoms with Crippen molar-refractivity contribution in [1.82, 2.24) is 20.1 Å². The van der Waals surface area contributed by atoms with E-state index < -0.39 is 18.0 Å². The molecule has 0 aliphatic rings. The van der Waals surface area contributed by atoms with Gasteiger partial charge < -0.3 is 20.2 Å². The fourth-order valence-electron chi connectivity index (χ4n) is 1.36. The number of aromatic nitrogens is 1. The van der Waals surface area contributed by atoms with Crippen molar-refractivity contribution in [3.63, 3.8) is 0 Å². The molecule has 0 radical (unpaired) electrons. The molecule has 21 heavy (non-hydrogen) atoms. The van der Waals surface area contributed by atoms with Crippen molar-refractivity contribution in [2.45, 2.75) is 13.0 Å². The highest BCUT2D eigenvalue weighted by Gasteiger charge is 2.19. The standard InChI is InChI=1S/C12H18N4O4S/c1-7(10-14-8(6-21-10)11(18)19)13-12(20)16(4)5-9(17)15(2)3/h6-7H,5H2,1-4H3,(H,13,20)(H,18,19). The SMILES string of the molecule is CC(NC(=O)N(C)CC(=O)N(C)C)c1nc(C(=O)O)cs1. The highest BCUT2D eigenvalue weighted by atomic mass is 32.1. The van der Waals surface area contributed by atoms with E-state index in [0.717, 1.165) is 11.3 Å². The molecular formula is C12H18N4O4S. The van der Waals surface area contributed by atoms with Gasteiger partial charge in [0.2, 0.25) is 5.91 Å². The van der Waals surface area contributed by atoms with Crippen LogP contribution in [0.2, 0.25) is 0 Å². The van der Waals surface area contributed by atoms with Crippen LogP contribution >= 0.6 is 11.3 Å². The maximum absolute atomic E-state index is 11.9. The number of aromatic carboxylic acids is 1. The van der Waals surface area contributed by atoms with Gasteiger partial charge in [-0.2, -0.15) is 0 Å². The number of thiazole rings is 1. The first-order chi connectivity index (χ1) is 9.72. The number of nitrogens with zero attached hydrogens (tertiary/aromatic N) is 3. The molecule has 0 aromatic carbocycles. The number of likely N-dealkylation sites (N-methyl/N-ethyl adjacent to an activating group) is 2. The minimum Gasteiger partial charge on any atom is -0.476 e. The highest BCUT2D eigenvalue weighted by Crippen LogP contribution is 2.18. The average Bonchev–Trinajstić information content (AvgIpc) is 2.87. The highest BCUT2D eigenvalue weighted by molar-refractivity contribution is 7.09. The van der Waals surface area contributed by atoms with Gasteiger partial charge in [0, 0.05) is 26.5 Å². The van der Waals surface area contributed by atoms with Crippen molar-refractivity contribution in [2.24, 2.45) is 0 Å². The van der Waals surface area contributed by atoms with Crippen LogP contribution in [0.15, 0.2) is 5.38 Å². The molecule has 0 spiro atoms.